The summed E-state index contributed by atoms with van der Waals surface area (Å²) in [7, 11) is 0. The largest absolute Gasteiger partial charge is 0.492 e. The Hall–Kier alpha value is -1.06. The summed E-state index contributed by atoms with van der Waals surface area (Å²) in [6.45, 7) is 8.86. The van der Waals surface area contributed by atoms with Gasteiger partial charge in [-0.25, -0.2) is 4.99 Å². The number of rotatable bonds is 8. The van der Waals surface area contributed by atoms with Crippen molar-refractivity contribution in [1.29, 1.82) is 0 Å². The highest BCUT2D eigenvalue weighted by atomic mass is 127. The summed E-state index contributed by atoms with van der Waals surface area (Å²) >= 11 is 0. The van der Waals surface area contributed by atoms with Crippen molar-refractivity contribution in [3.8, 4) is 5.75 Å². The van der Waals surface area contributed by atoms with Crippen molar-refractivity contribution in [3.63, 3.8) is 0 Å². The minimum Gasteiger partial charge on any atom is -0.492 e. The summed E-state index contributed by atoms with van der Waals surface area (Å²) in [4.78, 5) is 7.09. The van der Waals surface area contributed by atoms with E-state index in [9.17, 15) is 0 Å². The number of nitrogens with zero attached hydrogens (tertiary/aromatic N) is 2. The maximum atomic E-state index is 6.03. The Labute approximate surface area is 173 Å². The second-order valence-corrected chi connectivity index (χ2v) is 6.52. The first-order valence-corrected chi connectivity index (χ1v) is 9.41. The lowest BCUT2D eigenvalue weighted by molar-refractivity contribution is 0.0322. The Morgan fingerprint density at radius 3 is 2.77 bits per heavy atom. The molecule has 0 radical (unpaired) electrons. The molecule has 0 unspecified atom stereocenters. The maximum Gasteiger partial charge on any atom is 0.191 e. The molecule has 0 atom stereocenters. The van der Waals surface area contributed by atoms with E-state index in [1.165, 1.54) is 12.8 Å². The van der Waals surface area contributed by atoms with E-state index < -0.39 is 0 Å². The lowest BCUT2D eigenvalue weighted by Gasteiger charge is -2.26. The van der Waals surface area contributed by atoms with E-state index in [0.29, 0.717) is 19.2 Å². The molecule has 2 aliphatic rings. The minimum atomic E-state index is 0. The van der Waals surface area contributed by atoms with Crippen LogP contribution in [0.5, 0.6) is 5.75 Å². The Bertz CT molecular complexity index is 560. The number of hydrogen-bond donors (Lipinski definition) is 2. The van der Waals surface area contributed by atoms with Crippen molar-refractivity contribution >= 4 is 29.9 Å². The van der Waals surface area contributed by atoms with Gasteiger partial charge in [-0.3, -0.25) is 4.90 Å². The molecule has 0 bridgehead atoms. The quantitative estimate of drug-likeness (QED) is 0.344. The van der Waals surface area contributed by atoms with Gasteiger partial charge < -0.3 is 20.1 Å². The number of para-hydroxylation sites is 1. The molecule has 146 valence electrons. The molecule has 2 N–H and O–H groups in total. The molecule has 0 amide bonds. The molecule has 1 aromatic rings. The number of hydrogen-bond acceptors (Lipinski definition) is 4. The molecule has 0 spiro atoms. The molecule has 2 fully saturated rings. The van der Waals surface area contributed by atoms with Crippen LogP contribution in [-0.2, 0) is 11.3 Å². The van der Waals surface area contributed by atoms with Crippen molar-refractivity contribution in [2.75, 3.05) is 46.0 Å². The van der Waals surface area contributed by atoms with Crippen LogP contribution in [0.4, 0.5) is 0 Å². The molecule has 1 saturated heterocycles. The topological polar surface area (TPSA) is 58.1 Å². The second kappa shape index (κ2) is 11.6. The summed E-state index contributed by atoms with van der Waals surface area (Å²) < 4.78 is 11.4. The first kappa shape index (κ1) is 21.2. The summed E-state index contributed by atoms with van der Waals surface area (Å²) in [6, 6.07) is 8.78. The van der Waals surface area contributed by atoms with Crippen LogP contribution in [0.3, 0.4) is 0 Å². The van der Waals surface area contributed by atoms with E-state index in [0.717, 1.165) is 56.7 Å². The molecule has 7 heteroatoms. The Balaban J connectivity index is 0.00000243. The van der Waals surface area contributed by atoms with Gasteiger partial charge in [-0.05, 0) is 25.8 Å². The number of guanidine groups is 1. The van der Waals surface area contributed by atoms with Crippen LogP contribution in [0, 0.1) is 0 Å². The second-order valence-electron chi connectivity index (χ2n) is 6.52. The van der Waals surface area contributed by atoms with E-state index in [1.807, 2.05) is 18.2 Å². The third-order valence-corrected chi connectivity index (χ3v) is 4.41. The third-order valence-electron chi connectivity index (χ3n) is 4.41. The van der Waals surface area contributed by atoms with Gasteiger partial charge in [-0.15, -0.1) is 24.0 Å². The zero-order valence-corrected chi connectivity index (χ0v) is 17.9. The molecule has 0 aromatic heterocycles. The predicted molar refractivity (Wildman–Crippen MR) is 116 cm³/mol. The van der Waals surface area contributed by atoms with Crippen LogP contribution < -0.4 is 15.4 Å². The molecule has 3 rings (SSSR count). The van der Waals surface area contributed by atoms with Crippen LogP contribution in [0.25, 0.3) is 0 Å². The van der Waals surface area contributed by atoms with Crippen molar-refractivity contribution in [1.82, 2.24) is 15.5 Å². The predicted octanol–water partition coefficient (Wildman–Crippen LogP) is 2.23. The lowest BCUT2D eigenvalue weighted by Crippen LogP contribution is -2.38. The Morgan fingerprint density at radius 1 is 1.27 bits per heavy atom. The zero-order chi connectivity index (χ0) is 17.3. The molecule has 1 aliphatic heterocycles. The summed E-state index contributed by atoms with van der Waals surface area (Å²) in [6.07, 6.45) is 2.48. The number of ether oxygens (including phenoxy) is 2. The molecule has 6 nitrogen and oxygen atoms in total. The number of benzene rings is 1. The fourth-order valence-corrected chi connectivity index (χ4v) is 2.79. The summed E-state index contributed by atoms with van der Waals surface area (Å²) in [5.41, 5.74) is 1.12. The van der Waals surface area contributed by atoms with Crippen molar-refractivity contribution in [3.05, 3.63) is 29.8 Å². The SMILES string of the molecule is CCNC(=NCc1ccccc1OCCN1CCOCC1)NC1CC1.I. The van der Waals surface area contributed by atoms with Gasteiger partial charge in [0.25, 0.3) is 0 Å². The van der Waals surface area contributed by atoms with Crippen LogP contribution in [0.2, 0.25) is 0 Å². The number of aliphatic imine (C=N–C) groups is 1. The summed E-state index contributed by atoms with van der Waals surface area (Å²) in [5.74, 6) is 1.83. The highest BCUT2D eigenvalue weighted by Gasteiger charge is 2.22. The van der Waals surface area contributed by atoms with Gasteiger partial charge in [0.1, 0.15) is 12.4 Å². The van der Waals surface area contributed by atoms with E-state index >= 15 is 0 Å². The van der Waals surface area contributed by atoms with Crippen LogP contribution in [0.1, 0.15) is 25.3 Å². The van der Waals surface area contributed by atoms with Crippen molar-refractivity contribution in [2.24, 2.45) is 4.99 Å². The first-order valence-electron chi connectivity index (χ1n) is 9.41. The molecular formula is C19H31IN4O2. The van der Waals surface area contributed by atoms with Gasteiger partial charge in [0.05, 0.1) is 19.8 Å². The number of nitrogens with one attached hydrogen (secondary N) is 2. The van der Waals surface area contributed by atoms with Crippen LogP contribution >= 0.6 is 24.0 Å². The van der Waals surface area contributed by atoms with Crippen LogP contribution in [-0.4, -0.2) is 62.9 Å². The molecular weight excluding hydrogens is 443 g/mol. The van der Waals surface area contributed by atoms with Gasteiger partial charge in [0.15, 0.2) is 5.96 Å². The Kier molecular flexibility index (Phi) is 9.49. The highest BCUT2D eigenvalue weighted by Crippen LogP contribution is 2.20. The standard InChI is InChI=1S/C19H30N4O2.HI/c1-2-20-19(22-17-7-8-17)21-15-16-5-3-4-6-18(16)25-14-11-23-9-12-24-13-10-23;/h3-6,17H,2,7-15H2,1H3,(H2,20,21,22);1H. The Morgan fingerprint density at radius 2 is 2.04 bits per heavy atom. The molecule has 1 heterocycles. The van der Waals surface area contributed by atoms with Gasteiger partial charge >= 0.3 is 0 Å². The van der Waals surface area contributed by atoms with Gasteiger partial charge in [-0.2, -0.15) is 0 Å². The van der Waals surface area contributed by atoms with E-state index in [4.69, 9.17) is 14.5 Å². The smallest absolute Gasteiger partial charge is 0.191 e. The molecule has 1 aromatic carbocycles. The normalized spacial score (nSPS) is 18.1. The third kappa shape index (κ3) is 7.28. The average molecular weight is 474 g/mol. The molecule has 1 saturated carbocycles. The fraction of sp³-hybridized carbons (Fsp3) is 0.632. The van der Waals surface area contributed by atoms with Crippen molar-refractivity contribution < 1.29 is 9.47 Å². The lowest BCUT2D eigenvalue weighted by atomic mass is 10.2. The number of halogens is 1. The first-order chi connectivity index (χ1) is 12.3. The monoisotopic (exact) mass is 474 g/mol. The van der Waals surface area contributed by atoms with Gasteiger partial charge in [0.2, 0.25) is 0 Å². The molecule has 1 aliphatic carbocycles. The fourth-order valence-electron chi connectivity index (χ4n) is 2.79. The summed E-state index contributed by atoms with van der Waals surface area (Å²) in [5, 5.41) is 6.76. The average Bonchev–Trinajstić information content (AvgIpc) is 3.46. The van der Waals surface area contributed by atoms with E-state index in [-0.39, 0.29) is 24.0 Å². The minimum absolute atomic E-state index is 0. The van der Waals surface area contributed by atoms with Crippen LogP contribution in [0.15, 0.2) is 29.3 Å². The molecule has 26 heavy (non-hydrogen) atoms. The van der Waals surface area contributed by atoms with Crippen molar-refractivity contribution in [2.45, 2.75) is 32.4 Å². The highest BCUT2D eigenvalue weighted by molar-refractivity contribution is 14.0. The van der Waals surface area contributed by atoms with E-state index in [1.54, 1.807) is 0 Å². The maximum absolute atomic E-state index is 6.03. The zero-order valence-electron chi connectivity index (χ0n) is 15.6. The number of morpholine rings is 1. The van der Waals surface area contributed by atoms with E-state index in [2.05, 4.69) is 28.5 Å². The van der Waals surface area contributed by atoms with Gasteiger partial charge in [-0.1, -0.05) is 18.2 Å². The van der Waals surface area contributed by atoms with Gasteiger partial charge in [0, 0.05) is 37.8 Å².